The third-order valence-corrected chi connectivity index (χ3v) is 3.62. The molecule has 15 heavy (non-hydrogen) atoms. The predicted octanol–water partition coefficient (Wildman–Crippen LogP) is 2.82. The number of methoxy groups -OCH3 is 1. The molecule has 2 atom stereocenters. The quantitative estimate of drug-likeness (QED) is 0.777. The lowest BCUT2D eigenvalue weighted by molar-refractivity contribution is 0.107. The summed E-state index contributed by atoms with van der Waals surface area (Å²) in [7, 11) is 1.75. The molecule has 1 aromatic heterocycles. The first kappa shape index (κ1) is 12.7. The highest BCUT2D eigenvalue weighted by Crippen LogP contribution is 2.13. The van der Waals surface area contributed by atoms with Crippen molar-refractivity contribution in [2.24, 2.45) is 5.73 Å². The molecule has 2 unspecified atom stereocenters. The van der Waals surface area contributed by atoms with E-state index in [9.17, 15) is 0 Å². The molecule has 0 saturated carbocycles. The van der Waals surface area contributed by atoms with E-state index in [1.54, 1.807) is 7.11 Å². The van der Waals surface area contributed by atoms with Crippen LogP contribution in [0.5, 0.6) is 0 Å². The average molecular weight is 227 g/mol. The van der Waals surface area contributed by atoms with Gasteiger partial charge in [0.05, 0.1) is 6.10 Å². The third-order valence-electron chi connectivity index (χ3n) is 2.69. The van der Waals surface area contributed by atoms with Crippen molar-refractivity contribution in [3.63, 3.8) is 0 Å². The third kappa shape index (κ3) is 5.30. The van der Waals surface area contributed by atoms with Crippen molar-refractivity contribution in [3.05, 3.63) is 22.4 Å². The lowest BCUT2D eigenvalue weighted by atomic mass is 10.0. The zero-order valence-corrected chi connectivity index (χ0v) is 10.4. The van der Waals surface area contributed by atoms with Crippen LogP contribution in [-0.4, -0.2) is 19.3 Å². The summed E-state index contributed by atoms with van der Waals surface area (Å²) in [5, 5.41) is 2.12. The topological polar surface area (TPSA) is 35.2 Å². The second kappa shape index (κ2) is 6.99. The Morgan fingerprint density at radius 2 is 2.20 bits per heavy atom. The summed E-state index contributed by atoms with van der Waals surface area (Å²) in [5.41, 5.74) is 6.04. The molecule has 1 rings (SSSR count). The minimum absolute atomic E-state index is 0.310. The van der Waals surface area contributed by atoms with Gasteiger partial charge in [-0.1, -0.05) is 6.07 Å². The Labute approximate surface area is 96.4 Å². The molecular formula is C12H21NOS. The van der Waals surface area contributed by atoms with Crippen molar-refractivity contribution in [2.45, 2.75) is 44.8 Å². The van der Waals surface area contributed by atoms with Gasteiger partial charge in [0.2, 0.25) is 0 Å². The van der Waals surface area contributed by atoms with Crippen LogP contribution in [0.2, 0.25) is 0 Å². The van der Waals surface area contributed by atoms with Gasteiger partial charge < -0.3 is 10.5 Å². The summed E-state index contributed by atoms with van der Waals surface area (Å²) in [5.74, 6) is 0. The van der Waals surface area contributed by atoms with E-state index < -0.39 is 0 Å². The van der Waals surface area contributed by atoms with E-state index in [4.69, 9.17) is 10.5 Å². The SMILES string of the molecule is COC(C)CCC(N)CCc1cccs1. The lowest BCUT2D eigenvalue weighted by Crippen LogP contribution is -2.22. The van der Waals surface area contributed by atoms with Gasteiger partial charge in [-0.15, -0.1) is 11.3 Å². The molecule has 0 aliphatic rings. The van der Waals surface area contributed by atoms with E-state index in [1.807, 2.05) is 11.3 Å². The number of aryl methyl sites for hydroxylation is 1. The summed E-state index contributed by atoms with van der Waals surface area (Å²) in [6, 6.07) is 4.58. The highest BCUT2D eigenvalue weighted by atomic mass is 32.1. The molecule has 86 valence electrons. The Bertz CT molecular complexity index is 248. The Balaban J connectivity index is 2.11. The molecule has 1 heterocycles. The van der Waals surface area contributed by atoms with E-state index >= 15 is 0 Å². The van der Waals surface area contributed by atoms with E-state index in [0.29, 0.717) is 12.1 Å². The van der Waals surface area contributed by atoms with Crippen molar-refractivity contribution in [1.82, 2.24) is 0 Å². The molecule has 0 saturated heterocycles. The number of hydrogen-bond acceptors (Lipinski definition) is 3. The fraction of sp³-hybridized carbons (Fsp3) is 0.667. The fourth-order valence-corrected chi connectivity index (χ4v) is 2.22. The smallest absolute Gasteiger partial charge is 0.0543 e. The largest absolute Gasteiger partial charge is 0.382 e. The molecule has 0 fully saturated rings. The number of nitrogens with two attached hydrogens (primary N) is 1. The van der Waals surface area contributed by atoms with Gasteiger partial charge in [-0.05, 0) is 44.1 Å². The van der Waals surface area contributed by atoms with Crippen LogP contribution < -0.4 is 5.73 Å². The van der Waals surface area contributed by atoms with Gasteiger partial charge in [0.1, 0.15) is 0 Å². The molecule has 2 nitrogen and oxygen atoms in total. The minimum Gasteiger partial charge on any atom is -0.382 e. The van der Waals surface area contributed by atoms with Crippen LogP contribution in [0.1, 0.15) is 31.1 Å². The summed E-state index contributed by atoms with van der Waals surface area (Å²) >= 11 is 1.81. The van der Waals surface area contributed by atoms with Crippen molar-refractivity contribution in [3.8, 4) is 0 Å². The molecule has 0 aliphatic carbocycles. The average Bonchev–Trinajstić information content (AvgIpc) is 2.75. The molecule has 0 aliphatic heterocycles. The molecular weight excluding hydrogens is 206 g/mol. The van der Waals surface area contributed by atoms with E-state index in [-0.39, 0.29) is 0 Å². The number of hydrogen-bond donors (Lipinski definition) is 1. The lowest BCUT2D eigenvalue weighted by Gasteiger charge is -2.14. The number of thiophene rings is 1. The summed E-state index contributed by atoms with van der Waals surface area (Å²) in [6.45, 7) is 2.09. The first-order valence-corrected chi connectivity index (χ1v) is 6.41. The maximum Gasteiger partial charge on any atom is 0.0543 e. The van der Waals surface area contributed by atoms with Crippen molar-refractivity contribution in [1.29, 1.82) is 0 Å². The Morgan fingerprint density at radius 1 is 1.40 bits per heavy atom. The Morgan fingerprint density at radius 3 is 2.80 bits per heavy atom. The minimum atomic E-state index is 0.310. The molecule has 1 aromatic rings. The second-order valence-electron chi connectivity index (χ2n) is 4.00. The molecule has 0 aromatic carbocycles. The highest BCUT2D eigenvalue weighted by Gasteiger charge is 2.06. The van der Waals surface area contributed by atoms with Gasteiger partial charge in [0, 0.05) is 18.0 Å². The number of ether oxygens (including phenoxy) is 1. The van der Waals surface area contributed by atoms with Gasteiger partial charge in [-0.3, -0.25) is 0 Å². The maximum atomic E-state index is 6.04. The Kier molecular flexibility index (Phi) is 5.91. The van der Waals surface area contributed by atoms with Gasteiger partial charge in [-0.2, -0.15) is 0 Å². The molecule has 0 radical (unpaired) electrons. The van der Waals surface area contributed by atoms with Crippen LogP contribution in [0, 0.1) is 0 Å². The van der Waals surface area contributed by atoms with Gasteiger partial charge in [0.15, 0.2) is 0 Å². The van der Waals surface area contributed by atoms with Gasteiger partial charge in [-0.25, -0.2) is 0 Å². The second-order valence-corrected chi connectivity index (χ2v) is 5.03. The van der Waals surface area contributed by atoms with E-state index in [1.165, 1.54) is 4.88 Å². The van der Waals surface area contributed by atoms with Crippen molar-refractivity contribution < 1.29 is 4.74 Å². The van der Waals surface area contributed by atoms with Gasteiger partial charge in [0.25, 0.3) is 0 Å². The molecule has 3 heteroatoms. The van der Waals surface area contributed by atoms with Crippen molar-refractivity contribution in [2.75, 3.05) is 7.11 Å². The summed E-state index contributed by atoms with van der Waals surface area (Å²) in [6.07, 6.45) is 4.64. The molecule has 0 bridgehead atoms. The first-order chi connectivity index (χ1) is 7.22. The normalized spacial score (nSPS) is 15.1. The van der Waals surface area contributed by atoms with Gasteiger partial charge >= 0.3 is 0 Å². The maximum absolute atomic E-state index is 6.04. The highest BCUT2D eigenvalue weighted by molar-refractivity contribution is 7.09. The molecule has 0 spiro atoms. The zero-order valence-electron chi connectivity index (χ0n) is 9.61. The van der Waals surface area contributed by atoms with E-state index in [2.05, 4.69) is 24.4 Å². The van der Waals surface area contributed by atoms with Crippen LogP contribution in [0.25, 0.3) is 0 Å². The molecule has 0 amide bonds. The fourth-order valence-electron chi connectivity index (χ4n) is 1.49. The van der Waals surface area contributed by atoms with Crippen LogP contribution >= 0.6 is 11.3 Å². The number of rotatable bonds is 7. The van der Waals surface area contributed by atoms with E-state index in [0.717, 1.165) is 25.7 Å². The predicted molar refractivity (Wildman–Crippen MR) is 66.3 cm³/mol. The first-order valence-electron chi connectivity index (χ1n) is 5.53. The molecule has 2 N–H and O–H groups in total. The standard InChI is InChI=1S/C12H21NOS/c1-10(14-2)5-6-11(13)7-8-12-4-3-9-15-12/h3-4,9-11H,5-8,13H2,1-2H3. The monoisotopic (exact) mass is 227 g/mol. The summed E-state index contributed by atoms with van der Waals surface area (Å²) < 4.78 is 5.20. The zero-order chi connectivity index (χ0) is 11.1. The van der Waals surface area contributed by atoms with Crippen LogP contribution in [0.3, 0.4) is 0 Å². The van der Waals surface area contributed by atoms with Crippen LogP contribution in [-0.2, 0) is 11.2 Å². The summed E-state index contributed by atoms with van der Waals surface area (Å²) in [4.78, 5) is 1.44. The Hall–Kier alpha value is -0.380. The van der Waals surface area contributed by atoms with Crippen LogP contribution in [0.15, 0.2) is 17.5 Å². The van der Waals surface area contributed by atoms with Crippen molar-refractivity contribution >= 4 is 11.3 Å². The van der Waals surface area contributed by atoms with Crippen LogP contribution in [0.4, 0.5) is 0 Å².